The van der Waals surface area contributed by atoms with Gasteiger partial charge < -0.3 is 4.57 Å². The second kappa shape index (κ2) is 6.39. The molecule has 1 aliphatic rings. The van der Waals surface area contributed by atoms with Crippen LogP contribution in [0.25, 0.3) is 0 Å². The quantitative estimate of drug-likeness (QED) is 0.430. The molecule has 1 aliphatic carbocycles. The maximum absolute atomic E-state index is 12.5. The summed E-state index contributed by atoms with van der Waals surface area (Å²) in [7, 11) is -2.05. The smallest absolute Gasteiger partial charge is 0.281 e. The number of hydrogen-bond donors (Lipinski definition) is 3. The number of aryl methyl sites for hydroxylation is 1. The second-order valence-electron chi connectivity index (χ2n) is 6.14. The molecule has 2 rings (SSSR count). The second-order valence-corrected chi connectivity index (χ2v) is 7.85. The van der Waals surface area contributed by atoms with Crippen molar-refractivity contribution in [3.05, 3.63) is 18.0 Å². The first-order valence-corrected chi connectivity index (χ1v) is 8.94. The fraction of sp³-hybridized carbons (Fsp3) is 0.643. The number of sulfonamides is 1. The third-order valence-electron chi connectivity index (χ3n) is 4.67. The van der Waals surface area contributed by atoms with Crippen molar-refractivity contribution in [2.24, 2.45) is 24.7 Å². The van der Waals surface area contributed by atoms with Gasteiger partial charge in [0.25, 0.3) is 5.91 Å². The highest BCUT2D eigenvalue weighted by molar-refractivity contribution is 7.89. The van der Waals surface area contributed by atoms with Gasteiger partial charge in [0.15, 0.2) is 0 Å². The average Bonchev–Trinajstić information content (AvgIpc) is 2.86. The van der Waals surface area contributed by atoms with E-state index in [1.165, 1.54) is 16.8 Å². The fourth-order valence-electron chi connectivity index (χ4n) is 3.00. The molecular formula is C14H24N4O3S. The summed E-state index contributed by atoms with van der Waals surface area (Å²) in [6.07, 6.45) is 4.41. The topological polar surface area (TPSA) is 106 Å². The lowest BCUT2D eigenvalue weighted by Crippen LogP contribution is -2.43. The molecule has 0 bridgehead atoms. The van der Waals surface area contributed by atoms with E-state index >= 15 is 0 Å². The van der Waals surface area contributed by atoms with E-state index in [0.29, 0.717) is 11.8 Å². The van der Waals surface area contributed by atoms with E-state index in [0.717, 1.165) is 19.3 Å². The summed E-state index contributed by atoms with van der Waals surface area (Å²) in [5.41, 5.74) is 2.21. The molecule has 4 N–H and O–H groups in total. The van der Waals surface area contributed by atoms with Gasteiger partial charge in [-0.05, 0) is 24.3 Å². The van der Waals surface area contributed by atoms with Gasteiger partial charge in [-0.1, -0.05) is 26.7 Å². The van der Waals surface area contributed by atoms with Crippen molar-refractivity contribution in [1.82, 2.24) is 14.7 Å². The Balaban J connectivity index is 2.22. The van der Waals surface area contributed by atoms with E-state index in [9.17, 15) is 13.2 Å². The summed E-state index contributed by atoms with van der Waals surface area (Å²) >= 11 is 0. The molecule has 22 heavy (non-hydrogen) atoms. The Bertz CT molecular complexity index is 653. The molecule has 1 saturated carbocycles. The Morgan fingerprint density at radius 2 is 2.05 bits per heavy atom. The molecule has 1 aromatic heterocycles. The van der Waals surface area contributed by atoms with Crippen LogP contribution in [-0.2, 0) is 17.1 Å². The summed E-state index contributed by atoms with van der Waals surface area (Å²) in [6.45, 7) is 4.23. The van der Waals surface area contributed by atoms with Gasteiger partial charge in [-0.3, -0.25) is 10.2 Å². The molecule has 0 aromatic carbocycles. The molecule has 0 aliphatic heterocycles. The number of rotatable bonds is 4. The van der Waals surface area contributed by atoms with Crippen molar-refractivity contribution in [3.8, 4) is 0 Å². The van der Waals surface area contributed by atoms with Gasteiger partial charge in [0.2, 0.25) is 10.0 Å². The Hall–Kier alpha value is -1.38. The first-order valence-electron chi connectivity index (χ1n) is 7.46. The number of carbonyl (C=O) groups excluding carboxylic acids is 1. The highest BCUT2D eigenvalue weighted by atomic mass is 32.2. The van der Waals surface area contributed by atoms with Crippen LogP contribution in [0.2, 0.25) is 0 Å². The Morgan fingerprint density at radius 1 is 1.36 bits per heavy atom. The number of carbonyl (C=O) groups is 1. The molecule has 3 unspecified atom stereocenters. The lowest BCUT2D eigenvalue weighted by molar-refractivity contribution is 0.0945. The fourth-order valence-corrected chi connectivity index (χ4v) is 4.43. The number of hydrogen-bond acceptors (Lipinski definition) is 4. The third-order valence-corrected chi connectivity index (χ3v) is 6.12. The summed E-state index contributed by atoms with van der Waals surface area (Å²) in [6, 6.07) is 1.27. The van der Waals surface area contributed by atoms with Crippen molar-refractivity contribution >= 4 is 15.9 Å². The predicted octanol–water partition coefficient (Wildman–Crippen LogP) is 0.732. The van der Waals surface area contributed by atoms with Crippen LogP contribution < -0.4 is 16.0 Å². The molecule has 124 valence electrons. The number of nitrogens with two attached hydrogens (primary N) is 1. The van der Waals surface area contributed by atoms with Gasteiger partial charge in [0, 0.05) is 19.3 Å². The summed E-state index contributed by atoms with van der Waals surface area (Å²) < 4.78 is 29.3. The molecule has 8 heteroatoms. The third kappa shape index (κ3) is 3.34. The van der Waals surface area contributed by atoms with E-state index in [1.54, 1.807) is 7.05 Å². The van der Waals surface area contributed by atoms with Gasteiger partial charge >= 0.3 is 0 Å². The lowest BCUT2D eigenvalue weighted by Gasteiger charge is -2.34. The average molecular weight is 328 g/mol. The minimum atomic E-state index is -3.65. The number of hydrazine groups is 1. The zero-order valence-corrected chi connectivity index (χ0v) is 14.0. The number of nitrogens with one attached hydrogen (secondary N) is 2. The van der Waals surface area contributed by atoms with Crippen LogP contribution in [0.1, 0.15) is 43.6 Å². The van der Waals surface area contributed by atoms with Gasteiger partial charge in [0.1, 0.15) is 10.6 Å². The molecule has 1 heterocycles. The Labute approximate surface area is 131 Å². The van der Waals surface area contributed by atoms with Crippen molar-refractivity contribution in [1.29, 1.82) is 0 Å². The molecule has 0 radical (unpaired) electrons. The Kier molecular flexibility index (Phi) is 4.93. The molecule has 1 amide bonds. The largest absolute Gasteiger partial charge is 0.345 e. The first-order chi connectivity index (χ1) is 10.3. The predicted molar refractivity (Wildman–Crippen MR) is 83.4 cm³/mol. The summed E-state index contributed by atoms with van der Waals surface area (Å²) in [5.74, 6) is 5.36. The first kappa shape index (κ1) is 17.0. The van der Waals surface area contributed by atoms with Crippen molar-refractivity contribution in [2.75, 3.05) is 0 Å². The number of amides is 1. The van der Waals surface area contributed by atoms with E-state index < -0.39 is 15.9 Å². The molecule has 7 nitrogen and oxygen atoms in total. The molecule has 0 saturated heterocycles. The van der Waals surface area contributed by atoms with E-state index in [4.69, 9.17) is 5.84 Å². The zero-order valence-electron chi connectivity index (χ0n) is 13.2. The minimum Gasteiger partial charge on any atom is -0.345 e. The number of aromatic nitrogens is 1. The maximum atomic E-state index is 12.5. The lowest BCUT2D eigenvalue weighted by atomic mass is 9.78. The van der Waals surface area contributed by atoms with Crippen molar-refractivity contribution in [3.63, 3.8) is 0 Å². The molecule has 0 spiro atoms. The van der Waals surface area contributed by atoms with Crippen LogP contribution in [0.4, 0.5) is 0 Å². The molecule has 1 fully saturated rings. The van der Waals surface area contributed by atoms with Crippen LogP contribution in [0, 0.1) is 11.8 Å². The van der Waals surface area contributed by atoms with Gasteiger partial charge in [-0.15, -0.1) is 0 Å². The van der Waals surface area contributed by atoms with Crippen LogP contribution >= 0.6 is 0 Å². The van der Waals surface area contributed by atoms with Crippen molar-refractivity contribution in [2.45, 2.75) is 44.0 Å². The molecule has 1 aromatic rings. The number of nitrogen functional groups attached to an aromatic ring is 1. The van der Waals surface area contributed by atoms with Crippen molar-refractivity contribution < 1.29 is 13.2 Å². The monoisotopic (exact) mass is 328 g/mol. The normalized spacial score (nSPS) is 25.9. The van der Waals surface area contributed by atoms with Crippen LogP contribution in [0.5, 0.6) is 0 Å². The summed E-state index contributed by atoms with van der Waals surface area (Å²) in [5, 5.41) is 0. The van der Waals surface area contributed by atoms with E-state index in [1.807, 2.05) is 5.43 Å². The Morgan fingerprint density at radius 3 is 2.68 bits per heavy atom. The highest BCUT2D eigenvalue weighted by Crippen LogP contribution is 2.30. The van der Waals surface area contributed by atoms with Crippen LogP contribution in [0.3, 0.4) is 0 Å². The maximum Gasteiger partial charge on any atom is 0.281 e. The van der Waals surface area contributed by atoms with Gasteiger partial charge in [-0.2, -0.15) is 0 Å². The molecule has 3 atom stereocenters. The van der Waals surface area contributed by atoms with Crippen LogP contribution in [-0.4, -0.2) is 24.9 Å². The van der Waals surface area contributed by atoms with E-state index in [2.05, 4.69) is 18.6 Å². The van der Waals surface area contributed by atoms with Gasteiger partial charge in [-0.25, -0.2) is 19.0 Å². The zero-order chi connectivity index (χ0) is 16.5. The SMILES string of the molecule is CC1CCCC(NS(=O)(=O)c2cc(C(=O)NN)n(C)c2)C1C. The standard InChI is InChI=1S/C14H24N4O3S/c1-9-5-4-6-12(10(9)2)17-22(20,21)11-7-13(14(19)16-15)18(3)8-11/h7-10,12,17H,4-6,15H2,1-3H3,(H,16,19). The molecular weight excluding hydrogens is 304 g/mol. The van der Waals surface area contributed by atoms with E-state index in [-0.39, 0.29) is 16.6 Å². The number of nitrogens with zero attached hydrogens (tertiary/aromatic N) is 1. The minimum absolute atomic E-state index is 0.0688. The van der Waals surface area contributed by atoms with Gasteiger partial charge in [0.05, 0.1) is 0 Å². The van der Waals surface area contributed by atoms with Crippen LogP contribution in [0.15, 0.2) is 17.2 Å². The highest BCUT2D eigenvalue weighted by Gasteiger charge is 2.31. The summed E-state index contributed by atoms with van der Waals surface area (Å²) in [4.78, 5) is 11.7.